The Labute approximate surface area is 134 Å². The second-order valence-corrected chi connectivity index (χ2v) is 6.69. The zero-order chi connectivity index (χ0) is 15.4. The lowest BCUT2D eigenvalue weighted by Gasteiger charge is -2.07. The van der Waals surface area contributed by atoms with Gasteiger partial charge in [0.25, 0.3) is 0 Å². The van der Waals surface area contributed by atoms with Crippen LogP contribution < -0.4 is 0 Å². The lowest BCUT2D eigenvalue weighted by Crippen LogP contribution is -2.12. The van der Waals surface area contributed by atoms with E-state index in [4.69, 9.17) is 11.6 Å². The lowest BCUT2D eigenvalue weighted by atomic mass is 10.4. The topological polar surface area (TPSA) is 60.9 Å². The molecule has 0 amide bonds. The molecule has 0 aromatic carbocycles. The largest absolute Gasteiger partial charge is 0.383 e. The van der Waals surface area contributed by atoms with Crippen molar-refractivity contribution in [1.29, 1.82) is 0 Å². The number of aromatic nitrogens is 6. The highest BCUT2D eigenvalue weighted by Gasteiger charge is 2.36. The summed E-state index contributed by atoms with van der Waals surface area (Å²) in [5, 5.41) is 12.5. The number of halogens is 4. The fraction of sp³-hybridized carbons (Fsp3) is 0.400. The van der Waals surface area contributed by atoms with Gasteiger partial charge in [-0.15, -0.1) is 10.2 Å². The average molecular weight is 398 g/mol. The second kappa shape index (κ2) is 4.96. The SMILES string of the molecule is Cc1nn([C@H](C)c2nn3c(C(F)(F)Cl)nnc3s2)cc1Br. The van der Waals surface area contributed by atoms with Gasteiger partial charge in [0.05, 0.1) is 10.2 Å². The summed E-state index contributed by atoms with van der Waals surface area (Å²) in [5.74, 6) is -0.688. The summed E-state index contributed by atoms with van der Waals surface area (Å²) in [6, 6.07) is -0.224. The van der Waals surface area contributed by atoms with E-state index in [1.807, 2.05) is 13.8 Å². The molecule has 0 fully saturated rings. The van der Waals surface area contributed by atoms with Gasteiger partial charge in [0.15, 0.2) is 0 Å². The Hall–Kier alpha value is -1.13. The first-order chi connectivity index (χ1) is 9.77. The van der Waals surface area contributed by atoms with Crippen molar-refractivity contribution in [2.45, 2.75) is 25.3 Å². The average Bonchev–Trinajstić information content (AvgIpc) is 3.01. The molecule has 0 N–H and O–H groups in total. The smallest absolute Gasteiger partial charge is 0.262 e. The highest BCUT2D eigenvalue weighted by Crippen LogP contribution is 2.33. The molecule has 3 aromatic rings. The van der Waals surface area contributed by atoms with Crippen LogP contribution in [0.1, 0.15) is 29.5 Å². The first-order valence-corrected chi connectivity index (χ1v) is 7.76. The van der Waals surface area contributed by atoms with Crippen molar-refractivity contribution >= 4 is 43.8 Å². The fourth-order valence-electron chi connectivity index (χ4n) is 1.75. The van der Waals surface area contributed by atoms with Gasteiger partial charge >= 0.3 is 5.38 Å². The Morgan fingerprint density at radius 2 is 2.10 bits per heavy atom. The van der Waals surface area contributed by atoms with Crippen LogP contribution in [0.15, 0.2) is 10.7 Å². The molecule has 0 spiro atoms. The summed E-state index contributed by atoms with van der Waals surface area (Å²) < 4.78 is 29.9. The maximum Gasteiger partial charge on any atom is 0.383 e. The van der Waals surface area contributed by atoms with Crippen molar-refractivity contribution in [3.63, 3.8) is 0 Å². The van der Waals surface area contributed by atoms with Crippen LogP contribution in [-0.2, 0) is 5.38 Å². The summed E-state index contributed by atoms with van der Waals surface area (Å²) in [5.41, 5.74) is 0.831. The molecule has 3 aromatic heterocycles. The number of aryl methyl sites for hydroxylation is 1. The quantitative estimate of drug-likeness (QED) is 0.636. The highest BCUT2D eigenvalue weighted by molar-refractivity contribution is 9.10. The van der Waals surface area contributed by atoms with Crippen LogP contribution in [0.5, 0.6) is 0 Å². The summed E-state index contributed by atoms with van der Waals surface area (Å²) in [4.78, 5) is 0.259. The third-order valence-electron chi connectivity index (χ3n) is 2.87. The summed E-state index contributed by atoms with van der Waals surface area (Å²) in [6.45, 7) is 3.72. The molecule has 3 heterocycles. The van der Waals surface area contributed by atoms with Gasteiger partial charge in [-0.3, -0.25) is 4.68 Å². The number of nitrogens with zero attached hydrogens (tertiary/aromatic N) is 6. The molecular formula is C10H8BrClF2N6S. The zero-order valence-electron chi connectivity index (χ0n) is 10.8. The summed E-state index contributed by atoms with van der Waals surface area (Å²) in [7, 11) is 0. The van der Waals surface area contributed by atoms with Crippen molar-refractivity contribution in [1.82, 2.24) is 29.6 Å². The molecule has 0 bridgehead atoms. The predicted molar refractivity (Wildman–Crippen MR) is 76.9 cm³/mol. The second-order valence-electron chi connectivity index (χ2n) is 4.37. The first-order valence-electron chi connectivity index (χ1n) is 5.78. The zero-order valence-corrected chi connectivity index (χ0v) is 13.9. The maximum atomic E-state index is 13.2. The molecule has 0 aliphatic carbocycles. The third-order valence-corrected chi connectivity index (χ3v) is 4.89. The monoisotopic (exact) mass is 396 g/mol. The minimum Gasteiger partial charge on any atom is -0.262 e. The first kappa shape index (κ1) is 14.8. The fourth-order valence-corrected chi connectivity index (χ4v) is 3.04. The van der Waals surface area contributed by atoms with E-state index >= 15 is 0 Å². The van der Waals surface area contributed by atoms with Crippen molar-refractivity contribution in [3.8, 4) is 0 Å². The molecule has 0 unspecified atom stereocenters. The van der Waals surface area contributed by atoms with Crippen LogP contribution in [0.2, 0.25) is 0 Å². The molecule has 0 saturated carbocycles. The third kappa shape index (κ3) is 2.55. The van der Waals surface area contributed by atoms with E-state index < -0.39 is 11.2 Å². The van der Waals surface area contributed by atoms with E-state index in [1.165, 1.54) is 0 Å². The molecule has 0 aliphatic rings. The molecule has 112 valence electrons. The molecule has 6 nitrogen and oxygen atoms in total. The van der Waals surface area contributed by atoms with Crippen molar-refractivity contribution in [2.75, 3.05) is 0 Å². The van der Waals surface area contributed by atoms with E-state index in [1.54, 1.807) is 10.9 Å². The minimum absolute atomic E-state index is 0.224. The highest BCUT2D eigenvalue weighted by atomic mass is 79.9. The van der Waals surface area contributed by atoms with Gasteiger partial charge in [-0.25, -0.2) is 0 Å². The number of rotatable bonds is 3. The van der Waals surface area contributed by atoms with Crippen LogP contribution in [0.25, 0.3) is 4.96 Å². The Morgan fingerprint density at radius 1 is 1.38 bits per heavy atom. The van der Waals surface area contributed by atoms with Gasteiger partial charge in [0.1, 0.15) is 11.0 Å². The van der Waals surface area contributed by atoms with E-state index in [0.29, 0.717) is 5.01 Å². The maximum absolute atomic E-state index is 13.2. The van der Waals surface area contributed by atoms with E-state index in [-0.39, 0.29) is 11.0 Å². The van der Waals surface area contributed by atoms with Gasteiger partial charge in [-0.05, 0) is 41.4 Å². The van der Waals surface area contributed by atoms with Crippen LogP contribution in [-0.4, -0.2) is 29.6 Å². The standard InChI is InChI=1S/C10H8BrClF2N6S/c1-4-6(11)3-19(17-4)5(2)7-18-20-8(10(12,13)14)15-16-9(20)21-7/h3,5H,1-2H3/t5-/m1/s1. The predicted octanol–water partition coefficient (Wildman–Crippen LogP) is 3.35. The molecule has 21 heavy (non-hydrogen) atoms. The van der Waals surface area contributed by atoms with Gasteiger partial charge in [0, 0.05) is 6.20 Å². The molecule has 1 atom stereocenters. The molecule has 0 aliphatic heterocycles. The van der Waals surface area contributed by atoms with Crippen molar-refractivity contribution < 1.29 is 8.78 Å². The lowest BCUT2D eigenvalue weighted by molar-refractivity contribution is 0.0820. The Kier molecular flexibility index (Phi) is 3.49. The van der Waals surface area contributed by atoms with Crippen LogP contribution >= 0.6 is 38.9 Å². The van der Waals surface area contributed by atoms with Crippen molar-refractivity contribution in [2.24, 2.45) is 0 Å². The number of hydrogen-bond donors (Lipinski definition) is 0. The Balaban J connectivity index is 2.03. The normalized spacial score (nSPS) is 14.0. The molecule has 0 radical (unpaired) electrons. The number of alkyl halides is 3. The summed E-state index contributed by atoms with van der Waals surface area (Å²) in [6.07, 6.45) is 1.81. The molecule has 11 heteroatoms. The Bertz CT molecular complexity index is 787. The number of fused-ring (bicyclic) bond motifs is 1. The Morgan fingerprint density at radius 3 is 2.67 bits per heavy atom. The molecule has 0 saturated heterocycles. The van der Waals surface area contributed by atoms with Gasteiger partial charge in [-0.2, -0.15) is 23.5 Å². The van der Waals surface area contributed by atoms with Crippen molar-refractivity contribution in [3.05, 3.63) is 27.2 Å². The minimum atomic E-state index is -3.61. The van der Waals surface area contributed by atoms with Crippen LogP contribution in [0.3, 0.4) is 0 Å². The van der Waals surface area contributed by atoms with Gasteiger partial charge in [-0.1, -0.05) is 11.3 Å². The number of hydrogen-bond acceptors (Lipinski definition) is 5. The summed E-state index contributed by atoms with van der Waals surface area (Å²) >= 11 is 9.53. The van der Waals surface area contributed by atoms with Crippen LogP contribution in [0.4, 0.5) is 8.78 Å². The van der Waals surface area contributed by atoms with Gasteiger partial charge < -0.3 is 0 Å². The van der Waals surface area contributed by atoms with E-state index in [0.717, 1.165) is 26.0 Å². The van der Waals surface area contributed by atoms with Gasteiger partial charge in [0.2, 0.25) is 10.8 Å². The van der Waals surface area contributed by atoms with E-state index in [9.17, 15) is 8.78 Å². The molecular weight excluding hydrogens is 390 g/mol. The van der Waals surface area contributed by atoms with Crippen LogP contribution in [0, 0.1) is 6.92 Å². The van der Waals surface area contributed by atoms with E-state index in [2.05, 4.69) is 36.3 Å². The molecule has 3 rings (SSSR count).